The number of aliphatic hydroxyl groups is 1. The number of hydrogen-bond acceptors (Lipinski definition) is 4. The molecule has 0 atom stereocenters. The van der Waals surface area contributed by atoms with Crippen LogP contribution in [0, 0.1) is 0 Å². The first-order valence-electron chi connectivity index (χ1n) is 11.9. The monoisotopic (exact) mass is 445 g/mol. The van der Waals surface area contributed by atoms with Crippen molar-refractivity contribution in [1.29, 1.82) is 0 Å². The molecule has 3 aliphatic rings. The lowest BCUT2D eigenvalue weighted by atomic mass is 9.79. The number of anilines is 1. The van der Waals surface area contributed by atoms with Gasteiger partial charge in [-0.3, -0.25) is 9.59 Å². The average Bonchev–Trinajstić information content (AvgIpc) is 3.02. The van der Waals surface area contributed by atoms with Crippen molar-refractivity contribution >= 4 is 17.5 Å². The van der Waals surface area contributed by atoms with E-state index in [4.69, 9.17) is 0 Å². The molecule has 6 heteroatoms. The van der Waals surface area contributed by atoms with Crippen molar-refractivity contribution in [2.24, 2.45) is 0 Å². The molecule has 1 saturated carbocycles. The van der Waals surface area contributed by atoms with Gasteiger partial charge in [0.2, 0.25) is 0 Å². The van der Waals surface area contributed by atoms with Crippen LogP contribution in [0.4, 0.5) is 5.69 Å². The van der Waals surface area contributed by atoms with Gasteiger partial charge in [-0.05, 0) is 66.6 Å². The van der Waals surface area contributed by atoms with Crippen LogP contribution >= 0.6 is 0 Å². The minimum atomic E-state index is -1.16. The third-order valence-electron chi connectivity index (χ3n) is 7.27. The predicted octanol–water partition coefficient (Wildman–Crippen LogP) is 3.10. The standard InChI is InChI=1S/C27H31N3O3/c1-28-14-3-2-5-23-19-22(10-11-24(23)28)20-6-8-21(9-7-20)25(31)29-15-17-30(18-16-29)26(32)27(33)12-4-13-27/h2-3,6-11,19,33H,4-5,12-18H2,1H3. The SMILES string of the molecule is CN1CC=CCc2cc(-c3ccc(C(=O)N4CCN(C(=O)C5(O)CCC5)CC4)cc3)ccc21. The van der Waals surface area contributed by atoms with E-state index in [2.05, 4.69) is 42.3 Å². The van der Waals surface area contributed by atoms with Crippen molar-refractivity contribution in [3.63, 3.8) is 0 Å². The summed E-state index contributed by atoms with van der Waals surface area (Å²) in [5.74, 6) is -0.183. The molecule has 2 aliphatic heterocycles. The van der Waals surface area contributed by atoms with Crippen molar-refractivity contribution in [2.45, 2.75) is 31.3 Å². The zero-order valence-electron chi connectivity index (χ0n) is 19.2. The molecule has 0 radical (unpaired) electrons. The van der Waals surface area contributed by atoms with Crippen LogP contribution in [0.25, 0.3) is 11.1 Å². The third-order valence-corrected chi connectivity index (χ3v) is 7.27. The number of amides is 2. The Balaban J connectivity index is 1.24. The van der Waals surface area contributed by atoms with Crippen molar-refractivity contribution < 1.29 is 14.7 Å². The van der Waals surface area contributed by atoms with Crippen molar-refractivity contribution in [3.05, 3.63) is 65.7 Å². The zero-order chi connectivity index (χ0) is 23.0. The molecular formula is C27H31N3O3. The van der Waals surface area contributed by atoms with Gasteiger partial charge in [0.15, 0.2) is 0 Å². The quantitative estimate of drug-likeness (QED) is 0.738. The molecule has 2 fully saturated rings. The summed E-state index contributed by atoms with van der Waals surface area (Å²) in [4.78, 5) is 31.3. The molecule has 1 aliphatic carbocycles. The molecule has 1 saturated heterocycles. The minimum absolute atomic E-state index is 0.00954. The number of nitrogens with zero attached hydrogens (tertiary/aromatic N) is 3. The van der Waals surface area contributed by atoms with Crippen molar-refractivity contribution in [3.8, 4) is 11.1 Å². The first kappa shape index (κ1) is 21.7. The van der Waals surface area contributed by atoms with Gasteiger partial charge < -0.3 is 19.8 Å². The van der Waals surface area contributed by atoms with Gasteiger partial charge in [0.1, 0.15) is 5.60 Å². The highest BCUT2D eigenvalue weighted by molar-refractivity contribution is 5.95. The molecule has 0 bridgehead atoms. The number of hydrogen-bond donors (Lipinski definition) is 1. The average molecular weight is 446 g/mol. The summed E-state index contributed by atoms with van der Waals surface area (Å²) >= 11 is 0. The topological polar surface area (TPSA) is 64.1 Å². The van der Waals surface area contributed by atoms with Crippen LogP contribution in [-0.4, -0.2) is 72.1 Å². The molecule has 2 aromatic carbocycles. The molecule has 5 rings (SSSR count). The van der Waals surface area contributed by atoms with E-state index in [0.717, 1.165) is 30.5 Å². The first-order chi connectivity index (χ1) is 15.9. The van der Waals surface area contributed by atoms with Gasteiger partial charge in [-0.15, -0.1) is 0 Å². The summed E-state index contributed by atoms with van der Waals surface area (Å²) in [5.41, 5.74) is 4.31. The first-order valence-corrected chi connectivity index (χ1v) is 11.9. The van der Waals surface area contributed by atoms with E-state index in [0.29, 0.717) is 44.6 Å². The molecule has 2 aromatic rings. The van der Waals surface area contributed by atoms with Crippen LogP contribution in [0.3, 0.4) is 0 Å². The molecule has 0 aromatic heterocycles. The smallest absolute Gasteiger partial charge is 0.254 e. The van der Waals surface area contributed by atoms with Gasteiger partial charge >= 0.3 is 0 Å². The Labute approximate surface area is 195 Å². The lowest BCUT2D eigenvalue weighted by Gasteiger charge is -2.42. The number of allylic oxidation sites excluding steroid dienone is 1. The molecule has 172 valence electrons. The Morgan fingerprint density at radius 2 is 1.55 bits per heavy atom. The number of likely N-dealkylation sites (N-methyl/N-ethyl adjacent to an activating group) is 1. The van der Waals surface area contributed by atoms with E-state index < -0.39 is 5.60 Å². The maximum Gasteiger partial charge on any atom is 0.254 e. The molecule has 2 amide bonds. The summed E-state index contributed by atoms with van der Waals surface area (Å²) in [5, 5.41) is 10.3. The summed E-state index contributed by atoms with van der Waals surface area (Å²) in [6, 6.07) is 14.4. The molecule has 0 unspecified atom stereocenters. The number of fused-ring (bicyclic) bond motifs is 1. The normalized spacial score (nSPS) is 19.5. The highest BCUT2D eigenvalue weighted by atomic mass is 16.3. The Morgan fingerprint density at radius 3 is 2.21 bits per heavy atom. The number of piperazine rings is 1. The van der Waals surface area contributed by atoms with Gasteiger partial charge in [-0.1, -0.05) is 30.4 Å². The van der Waals surface area contributed by atoms with Crippen LogP contribution < -0.4 is 4.90 Å². The predicted molar refractivity (Wildman–Crippen MR) is 129 cm³/mol. The van der Waals surface area contributed by atoms with Gasteiger partial charge in [-0.25, -0.2) is 0 Å². The van der Waals surface area contributed by atoms with E-state index in [1.54, 1.807) is 9.80 Å². The second kappa shape index (κ2) is 8.67. The molecular weight excluding hydrogens is 414 g/mol. The Hall–Kier alpha value is -3.12. The van der Waals surface area contributed by atoms with Crippen LogP contribution in [0.1, 0.15) is 35.2 Å². The van der Waals surface area contributed by atoms with Crippen LogP contribution in [0.15, 0.2) is 54.6 Å². The number of benzene rings is 2. The molecule has 2 heterocycles. The lowest BCUT2D eigenvalue weighted by molar-refractivity contribution is -0.161. The zero-order valence-corrected chi connectivity index (χ0v) is 19.2. The van der Waals surface area contributed by atoms with Gasteiger partial charge in [0.05, 0.1) is 0 Å². The van der Waals surface area contributed by atoms with E-state index in [1.807, 2.05) is 24.3 Å². The maximum absolute atomic E-state index is 13.0. The second-order valence-corrected chi connectivity index (χ2v) is 9.45. The van der Waals surface area contributed by atoms with Crippen LogP contribution in [0.2, 0.25) is 0 Å². The third kappa shape index (κ3) is 4.15. The van der Waals surface area contributed by atoms with Crippen molar-refractivity contribution in [2.75, 3.05) is 44.7 Å². The lowest BCUT2D eigenvalue weighted by Crippen LogP contribution is -2.58. The number of carbonyl (C=O) groups excluding carboxylic acids is 2. The highest BCUT2D eigenvalue weighted by Gasteiger charge is 2.45. The number of carbonyl (C=O) groups is 2. The summed E-state index contributed by atoms with van der Waals surface area (Å²) in [7, 11) is 2.11. The van der Waals surface area contributed by atoms with E-state index in [9.17, 15) is 14.7 Å². The molecule has 6 nitrogen and oxygen atoms in total. The Kier molecular flexibility index (Phi) is 5.71. The maximum atomic E-state index is 13.0. The number of rotatable bonds is 3. The Bertz CT molecular complexity index is 1080. The van der Waals surface area contributed by atoms with E-state index in [1.165, 1.54) is 11.3 Å². The van der Waals surface area contributed by atoms with Crippen LogP contribution in [-0.2, 0) is 11.2 Å². The van der Waals surface area contributed by atoms with Gasteiger partial charge in [-0.2, -0.15) is 0 Å². The molecule has 33 heavy (non-hydrogen) atoms. The fourth-order valence-corrected chi connectivity index (χ4v) is 4.96. The second-order valence-electron chi connectivity index (χ2n) is 9.45. The van der Waals surface area contributed by atoms with Crippen LogP contribution in [0.5, 0.6) is 0 Å². The Morgan fingerprint density at radius 1 is 0.879 bits per heavy atom. The summed E-state index contributed by atoms with van der Waals surface area (Å²) < 4.78 is 0. The molecule has 0 spiro atoms. The fourth-order valence-electron chi connectivity index (χ4n) is 4.96. The van der Waals surface area contributed by atoms with Gasteiger partial charge in [0, 0.05) is 51.0 Å². The van der Waals surface area contributed by atoms with Gasteiger partial charge in [0.25, 0.3) is 11.8 Å². The molecule has 1 N–H and O–H groups in total. The summed E-state index contributed by atoms with van der Waals surface area (Å²) in [6.45, 7) is 2.86. The van der Waals surface area contributed by atoms with E-state index in [-0.39, 0.29) is 11.8 Å². The largest absolute Gasteiger partial charge is 0.380 e. The van der Waals surface area contributed by atoms with Crippen molar-refractivity contribution in [1.82, 2.24) is 9.80 Å². The highest BCUT2D eigenvalue weighted by Crippen LogP contribution is 2.34. The fraction of sp³-hybridized carbons (Fsp3) is 0.407. The summed E-state index contributed by atoms with van der Waals surface area (Å²) in [6.07, 6.45) is 7.34. The van der Waals surface area contributed by atoms with E-state index >= 15 is 0 Å². The minimum Gasteiger partial charge on any atom is -0.380 e.